The van der Waals surface area contributed by atoms with E-state index in [0.29, 0.717) is 43.2 Å². The van der Waals surface area contributed by atoms with Crippen molar-refractivity contribution in [3.8, 4) is 5.69 Å². The lowest BCUT2D eigenvalue weighted by molar-refractivity contribution is 0.0700. The van der Waals surface area contributed by atoms with Crippen molar-refractivity contribution in [1.29, 1.82) is 0 Å². The lowest BCUT2D eigenvalue weighted by Crippen LogP contribution is -2.41. The van der Waals surface area contributed by atoms with Crippen LogP contribution in [0.2, 0.25) is 0 Å². The van der Waals surface area contributed by atoms with Gasteiger partial charge in [0.05, 0.1) is 16.6 Å². The summed E-state index contributed by atoms with van der Waals surface area (Å²) in [7, 11) is 0. The fourth-order valence-corrected chi connectivity index (χ4v) is 4.29. The molecule has 174 valence electrons. The zero-order valence-electron chi connectivity index (χ0n) is 18.4. The number of rotatable bonds is 3. The molecule has 34 heavy (non-hydrogen) atoms. The first-order valence-electron chi connectivity index (χ1n) is 11.0. The van der Waals surface area contributed by atoms with Gasteiger partial charge in [0.25, 0.3) is 11.5 Å². The Morgan fingerprint density at radius 1 is 1.12 bits per heavy atom. The number of fused-ring (bicyclic) bond motifs is 1. The minimum atomic E-state index is -0.612. The third-order valence-electron chi connectivity index (χ3n) is 6.13. The van der Waals surface area contributed by atoms with Crippen molar-refractivity contribution >= 4 is 22.8 Å². The number of carbonyl (C=O) groups is 1. The van der Waals surface area contributed by atoms with Crippen LogP contribution in [0.5, 0.6) is 0 Å². The van der Waals surface area contributed by atoms with Crippen molar-refractivity contribution in [1.82, 2.24) is 24.6 Å². The summed E-state index contributed by atoms with van der Waals surface area (Å²) in [4.78, 5) is 36.7. The number of aromatic amines is 1. The lowest BCUT2D eigenvalue weighted by atomic mass is 10.1. The van der Waals surface area contributed by atoms with Crippen LogP contribution >= 0.6 is 0 Å². The summed E-state index contributed by atoms with van der Waals surface area (Å²) in [6, 6.07) is 9.88. The van der Waals surface area contributed by atoms with Crippen LogP contribution in [0.4, 0.5) is 14.7 Å². The second-order valence-corrected chi connectivity index (χ2v) is 8.26. The molecule has 1 amide bonds. The molecule has 3 heterocycles. The number of halogens is 2. The number of nitrogens with one attached hydrogen (secondary N) is 1. The van der Waals surface area contributed by atoms with Gasteiger partial charge in [-0.05, 0) is 49.7 Å². The number of anilines is 1. The Hall–Kier alpha value is -4.08. The van der Waals surface area contributed by atoms with Crippen molar-refractivity contribution in [2.45, 2.75) is 19.4 Å². The highest BCUT2D eigenvalue weighted by molar-refractivity contribution is 5.98. The summed E-state index contributed by atoms with van der Waals surface area (Å²) in [6.45, 7) is 3.13. The van der Waals surface area contributed by atoms with E-state index in [9.17, 15) is 18.4 Å². The summed E-state index contributed by atoms with van der Waals surface area (Å²) in [5, 5.41) is 4.32. The molecule has 2 aromatic carbocycles. The first-order chi connectivity index (χ1) is 16.4. The van der Waals surface area contributed by atoms with Crippen molar-refractivity contribution in [2.24, 2.45) is 0 Å². The highest BCUT2D eigenvalue weighted by atomic mass is 19.1. The number of hydrogen-bond donors (Lipinski definition) is 1. The van der Waals surface area contributed by atoms with Crippen LogP contribution in [0.15, 0.2) is 59.7 Å². The number of carbonyl (C=O) groups excluding carboxylic acids is 1. The molecule has 1 aliphatic heterocycles. The summed E-state index contributed by atoms with van der Waals surface area (Å²) in [5.74, 6) is -1.19. The fourth-order valence-electron chi connectivity index (χ4n) is 4.29. The van der Waals surface area contributed by atoms with E-state index >= 15 is 0 Å². The molecule has 1 atom stereocenters. The van der Waals surface area contributed by atoms with Gasteiger partial charge in [-0.1, -0.05) is 6.07 Å². The largest absolute Gasteiger partial charge is 0.340 e. The molecule has 0 spiro atoms. The molecule has 4 aromatic rings. The van der Waals surface area contributed by atoms with E-state index in [-0.39, 0.29) is 17.0 Å². The minimum absolute atomic E-state index is 0.0363. The van der Waals surface area contributed by atoms with Crippen LogP contribution in [0, 0.1) is 11.6 Å². The van der Waals surface area contributed by atoms with Gasteiger partial charge in [0, 0.05) is 38.1 Å². The van der Waals surface area contributed by atoms with E-state index < -0.39 is 23.1 Å². The summed E-state index contributed by atoms with van der Waals surface area (Å²) < 4.78 is 29.8. The molecule has 0 radical (unpaired) electrons. The van der Waals surface area contributed by atoms with Crippen molar-refractivity contribution in [3.63, 3.8) is 0 Å². The third kappa shape index (κ3) is 3.91. The smallest absolute Gasteiger partial charge is 0.260 e. The van der Waals surface area contributed by atoms with Gasteiger partial charge in [-0.25, -0.2) is 18.4 Å². The van der Waals surface area contributed by atoms with Gasteiger partial charge in [-0.15, -0.1) is 0 Å². The molecule has 1 unspecified atom stereocenters. The number of H-pyrrole nitrogens is 1. The third-order valence-corrected chi connectivity index (χ3v) is 6.13. The molecule has 1 aliphatic rings. The lowest BCUT2D eigenvalue weighted by Gasteiger charge is -2.27. The predicted molar refractivity (Wildman–Crippen MR) is 123 cm³/mol. The van der Waals surface area contributed by atoms with Gasteiger partial charge in [-0.3, -0.25) is 14.6 Å². The second-order valence-electron chi connectivity index (χ2n) is 8.26. The average Bonchev–Trinajstić information content (AvgIpc) is 3.28. The van der Waals surface area contributed by atoms with E-state index in [4.69, 9.17) is 0 Å². The van der Waals surface area contributed by atoms with Crippen molar-refractivity contribution < 1.29 is 13.6 Å². The van der Waals surface area contributed by atoms with E-state index in [1.807, 2.05) is 11.8 Å². The molecule has 0 aliphatic carbocycles. The maximum Gasteiger partial charge on any atom is 0.260 e. The minimum Gasteiger partial charge on any atom is -0.340 e. The van der Waals surface area contributed by atoms with Crippen LogP contribution in [0.25, 0.3) is 16.6 Å². The first kappa shape index (κ1) is 21.7. The van der Waals surface area contributed by atoms with Crippen LogP contribution < -0.4 is 10.5 Å². The molecule has 0 saturated carbocycles. The SMILES string of the molecule is CC1CCN(c2nc3ccc(F)cc3c(=O)[nH]2)CCN1C(=O)c1c(F)cccc1-n1cccn1. The maximum absolute atomic E-state index is 14.9. The molecule has 1 saturated heterocycles. The van der Waals surface area contributed by atoms with Gasteiger partial charge in [-0.2, -0.15) is 5.10 Å². The summed E-state index contributed by atoms with van der Waals surface area (Å²) in [5.41, 5.74) is 0.294. The van der Waals surface area contributed by atoms with E-state index in [1.165, 1.54) is 22.9 Å². The molecule has 0 bridgehead atoms. The first-order valence-corrected chi connectivity index (χ1v) is 11.0. The normalized spacial score (nSPS) is 16.6. The van der Waals surface area contributed by atoms with Gasteiger partial charge in [0.1, 0.15) is 17.2 Å². The zero-order chi connectivity index (χ0) is 23.8. The second kappa shape index (κ2) is 8.69. The van der Waals surface area contributed by atoms with Gasteiger partial charge in [0.15, 0.2) is 0 Å². The Bertz CT molecular complexity index is 1420. The van der Waals surface area contributed by atoms with Crippen molar-refractivity contribution in [2.75, 3.05) is 24.5 Å². The molecule has 1 fully saturated rings. The van der Waals surface area contributed by atoms with E-state index in [0.717, 1.165) is 6.07 Å². The average molecular weight is 464 g/mol. The van der Waals surface area contributed by atoms with E-state index in [2.05, 4.69) is 15.1 Å². The van der Waals surface area contributed by atoms with Crippen molar-refractivity contribution in [3.05, 3.63) is 82.4 Å². The molecule has 2 aromatic heterocycles. The molecule has 10 heteroatoms. The number of benzene rings is 2. The number of nitrogens with zero attached hydrogens (tertiary/aromatic N) is 5. The summed E-state index contributed by atoms with van der Waals surface area (Å²) >= 11 is 0. The Labute approximate surface area is 193 Å². The molecule has 8 nitrogen and oxygen atoms in total. The maximum atomic E-state index is 14.9. The van der Waals surface area contributed by atoms with Gasteiger partial charge in [0.2, 0.25) is 5.95 Å². The van der Waals surface area contributed by atoms with Crippen LogP contribution in [-0.2, 0) is 0 Å². The molecular formula is C24H22F2N6O2. The van der Waals surface area contributed by atoms with Gasteiger partial charge >= 0.3 is 0 Å². The highest BCUT2D eigenvalue weighted by Crippen LogP contribution is 2.23. The van der Waals surface area contributed by atoms with E-state index in [1.54, 1.807) is 35.5 Å². The Morgan fingerprint density at radius 3 is 2.76 bits per heavy atom. The Balaban J connectivity index is 1.43. The quantitative estimate of drug-likeness (QED) is 0.504. The number of hydrogen-bond acceptors (Lipinski definition) is 5. The number of amides is 1. The number of aromatic nitrogens is 4. The van der Waals surface area contributed by atoms with Crippen LogP contribution in [-0.4, -0.2) is 56.2 Å². The highest BCUT2D eigenvalue weighted by Gasteiger charge is 2.30. The Morgan fingerprint density at radius 2 is 1.97 bits per heavy atom. The predicted octanol–water partition coefficient (Wildman–Crippen LogP) is 3.13. The molecule has 5 rings (SSSR count). The molecular weight excluding hydrogens is 442 g/mol. The molecule has 1 N–H and O–H groups in total. The monoisotopic (exact) mass is 464 g/mol. The Kier molecular flexibility index (Phi) is 5.56. The zero-order valence-corrected chi connectivity index (χ0v) is 18.4. The fraction of sp³-hybridized carbons (Fsp3) is 0.250. The van der Waals surface area contributed by atoms with Crippen LogP contribution in [0.3, 0.4) is 0 Å². The van der Waals surface area contributed by atoms with Gasteiger partial charge < -0.3 is 9.80 Å². The topological polar surface area (TPSA) is 87.1 Å². The van der Waals surface area contributed by atoms with Crippen LogP contribution in [0.1, 0.15) is 23.7 Å². The standard InChI is InChI=1S/C24H22F2N6O2/c1-15-8-11-30(24-28-19-7-6-16(25)14-17(19)22(33)29-24)12-13-31(15)23(34)21-18(26)4-2-5-20(21)32-10-3-9-27-32/h2-7,9-10,14-15H,8,11-13H2,1H3,(H,28,29,33). The summed E-state index contributed by atoms with van der Waals surface area (Å²) in [6.07, 6.45) is 3.81.